The first-order valence-electron chi connectivity index (χ1n) is 7.87. The maximum Gasteiger partial charge on any atom is 0.340 e. The van der Waals surface area contributed by atoms with Crippen molar-refractivity contribution in [3.63, 3.8) is 0 Å². The summed E-state index contributed by atoms with van der Waals surface area (Å²) >= 11 is 2.14. The fourth-order valence-corrected chi connectivity index (χ4v) is 3.36. The van der Waals surface area contributed by atoms with Crippen LogP contribution in [0.2, 0.25) is 0 Å². The fourth-order valence-electron chi connectivity index (χ4n) is 2.84. The van der Waals surface area contributed by atoms with Crippen LogP contribution in [0.1, 0.15) is 40.6 Å². The van der Waals surface area contributed by atoms with Gasteiger partial charge in [-0.05, 0) is 67.5 Å². The molecule has 1 N–H and O–H groups in total. The predicted molar refractivity (Wildman–Crippen MR) is 100 cm³/mol. The largest absolute Gasteiger partial charge is 0.452 e. The van der Waals surface area contributed by atoms with Gasteiger partial charge in [-0.15, -0.1) is 0 Å². The third kappa shape index (κ3) is 3.63. The van der Waals surface area contributed by atoms with Crippen LogP contribution in [0.3, 0.4) is 0 Å². The second-order valence-electron chi connectivity index (χ2n) is 5.99. The van der Waals surface area contributed by atoms with Crippen molar-refractivity contribution < 1.29 is 14.3 Å². The van der Waals surface area contributed by atoms with E-state index in [9.17, 15) is 9.59 Å². The zero-order valence-electron chi connectivity index (χ0n) is 13.6. The van der Waals surface area contributed by atoms with Crippen molar-refractivity contribution in [2.24, 2.45) is 0 Å². The lowest BCUT2D eigenvalue weighted by Crippen LogP contribution is -2.21. The molecule has 3 rings (SSSR count). The van der Waals surface area contributed by atoms with Crippen molar-refractivity contribution >= 4 is 40.2 Å². The van der Waals surface area contributed by atoms with Gasteiger partial charge in [0.25, 0.3) is 5.91 Å². The number of hydrogen-bond donors (Lipinski definition) is 1. The Labute approximate surface area is 154 Å². The Kier molecular flexibility index (Phi) is 4.93. The summed E-state index contributed by atoms with van der Waals surface area (Å²) in [6.45, 7) is 3.62. The number of para-hydroxylation sites is 1. The summed E-state index contributed by atoms with van der Waals surface area (Å²) in [7, 11) is 0. The lowest BCUT2D eigenvalue weighted by Gasteiger charge is -2.09. The number of anilines is 1. The van der Waals surface area contributed by atoms with Crippen LogP contribution in [-0.2, 0) is 9.53 Å². The van der Waals surface area contributed by atoms with E-state index < -0.39 is 5.97 Å². The fraction of sp³-hybridized carbons (Fsp3) is 0.333. The minimum atomic E-state index is -0.451. The van der Waals surface area contributed by atoms with E-state index in [0.29, 0.717) is 17.3 Å². The number of aromatic nitrogens is 1. The van der Waals surface area contributed by atoms with Crippen molar-refractivity contribution in [3.05, 3.63) is 50.9 Å². The van der Waals surface area contributed by atoms with Crippen LogP contribution in [0.5, 0.6) is 0 Å². The predicted octanol–water partition coefficient (Wildman–Crippen LogP) is 3.84. The van der Waals surface area contributed by atoms with Gasteiger partial charge >= 0.3 is 5.97 Å². The Bertz CT molecular complexity index is 794. The smallest absolute Gasteiger partial charge is 0.340 e. The van der Waals surface area contributed by atoms with Crippen LogP contribution in [0, 0.1) is 17.4 Å². The molecule has 6 heteroatoms. The highest BCUT2D eigenvalue weighted by Gasteiger charge is 2.28. The van der Waals surface area contributed by atoms with Crippen LogP contribution in [-0.4, -0.2) is 23.1 Å². The number of aryl methyl sites for hydroxylation is 1. The van der Waals surface area contributed by atoms with Crippen molar-refractivity contribution in [2.75, 3.05) is 11.9 Å². The first-order chi connectivity index (χ1) is 11.5. The van der Waals surface area contributed by atoms with Crippen LogP contribution < -0.4 is 5.32 Å². The standard InChI is InChI=1S/C18H19IN2O3/c1-11-9-14(12(2)21(11)13-7-8-13)18(23)24-10-17(22)20-16-6-4-3-5-15(16)19/h3-6,9,13H,7-8,10H2,1-2H3,(H,20,22). The van der Waals surface area contributed by atoms with Crippen LogP contribution in [0.15, 0.2) is 30.3 Å². The highest BCUT2D eigenvalue weighted by atomic mass is 127. The molecule has 1 aromatic carbocycles. The molecule has 1 saturated carbocycles. The first kappa shape index (κ1) is 17.0. The van der Waals surface area contributed by atoms with Gasteiger partial charge in [-0.3, -0.25) is 4.79 Å². The van der Waals surface area contributed by atoms with Gasteiger partial charge in [0.1, 0.15) is 0 Å². The van der Waals surface area contributed by atoms with Crippen LogP contribution in [0.25, 0.3) is 0 Å². The van der Waals surface area contributed by atoms with E-state index in [1.807, 2.05) is 44.2 Å². The van der Waals surface area contributed by atoms with E-state index in [1.165, 1.54) is 0 Å². The Morgan fingerprint density at radius 3 is 2.67 bits per heavy atom. The van der Waals surface area contributed by atoms with E-state index >= 15 is 0 Å². The molecule has 2 aromatic rings. The van der Waals surface area contributed by atoms with Crippen LogP contribution in [0.4, 0.5) is 5.69 Å². The topological polar surface area (TPSA) is 60.3 Å². The number of ether oxygens (including phenoxy) is 1. The van der Waals surface area contributed by atoms with Gasteiger partial charge in [-0.25, -0.2) is 4.79 Å². The number of rotatable bonds is 5. The van der Waals surface area contributed by atoms with Gasteiger partial charge in [0.15, 0.2) is 6.61 Å². The quantitative estimate of drug-likeness (QED) is 0.570. The minimum Gasteiger partial charge on any atom is -0.452 e. The van der Waals surface area contributed by atoms with E-state index in [2.05, 4.69) is 32.5 Å². The lowest BCUT2D eigenvalue weighted by molar-refractivity contribution is -0.119. The number of nitrogens with zero attached hydrogens (tertiary/aromatic N) is 1. The normalized spacial score (nSPS) is 13.6. The van der Waals surface area contributed by atoms with Gasteiger partial charge in [0.2, 0.25) is 0 Å². The first-order valence-corrected chi connectivity index (χ1v) is 8.95. The summed E-state index contributed by atoms with van der Waals surface area (Å²) in [5, 5.41) is 2.75. The summed E-state index contributed by atoms with van der Waals surface area (Å²) < 4.78 is 8.30. The highest BCUT2D eigenvalue weighted by Crippen LogP contribution is 2.38. The molecule has 1 aromatic heterocycles. The maximum atomic E-state index is 12.3. The number of carbonyl (C=O) groups is 2. The maximum absolute atomic E-state index is 12.3. The average Bonchev–Trinajstić information content (AvgIpc) is 3.33. The number of amides is 1. The zero-order valence-corrected chi connectivity index (χ0v) is 15.8. The molecule has 1 aliphatic rings. The number of nitrogens with one attached hydrogen (secondary N) is 1. The molecule has 126 valence electrons. The molecule has 0 radical (unpaired) electrons. The van der Waals surface area contributed by atoms with Crippen molar-refractivity contribution in [3.8, 4) is 0 Å². The molecule has 1 aliphatic carbocycles. The Hall–Kier alpha value is -1.83. The minimum absolute atomic E-state index is 0.295. The highest BCUT2D eigenvalue weighted by molar-refractivity contribution is 14.1. The summed E-state index contributed by atoms with van der Waals surface area (Å²) in [5.41, 5.74) is 3.23. The molecule has 0 saturated heterocycles. The molecule has 0 bridgehead atoms. The molecule has 5 nitrogen and oxygen atoms in total. The van der Waals surface area contributed by atoms with Crippen molar-refractivity contribution in [1.29, 1.82) is 0 Å². The number of benzene rings is 1. The number of halogens is 1. The monoisotopic (exact) mass is 438 g/mol. The second kappa shape index (κ2) is 6.96. The van der Waals surface area contributed by atoms with E-state index in [4.69, 9.17) is 4.74 Å². The molecule has 1 heterocycles. The van der Waals surface area contributed by atoms with Gasteiger partial charge < -0.3 is 14.6 Å². The summed E-state index contributed by atoms with van der Waals surface area (Å²) in [6.07, 6.45) is 2.31. The molecular formula is C18H19IN2O3. The van der Waals surface area contributed by atoms with Crippen molar-refractivity contribution in [2.45, 2.75) is 32.7 Å². The van der Waals surface area contributed by atoms with E-state index in [1.54, 1.807) is 0 Å². The Morgan fingerprint density at radius 2 is 2.00 bits per heavy atom. The summed E-state index contributed by atoms with van der Waals surface area (Å²) in [6, 6.07) is 9.80. The Morgan fingerprint density at radius 1 is 1.29 bits per heavy atom. The van der Waals surface area contributed by atoms with E-state index in [-0.39, 0.29) is 12.5 Å². The molecule has 0 aliphatic heterocycles. The third-order valence-electron chi connectivity index (χ3n) is 4.10. The summed E-state index contributed by atoms with van der Waals surface area (Å²) in [5.74, 6) is -0.795. The van der Waals surface area contributed by atoms with E-state index in [0.717, 1.165) is 27.8 Å². The van der Waals surface area contributed by atoms with Crippen molar-refractivity contribution in [1.82, 2.24) is 4.57 Å². The van der Waals surface area contributed by atoms with Gasteiger partial charge in [-0.2, -0.15) is 0 Å². The third-order valence-corrected chi connectivity index (χ3v) is 5.04. The second-order valence-corrected chi connectivity index (χ2v) is 7.15. The number of carbonyl (C=O) groups excluding carboxylic acids is 2. The molecule has 24 heavy (non-hydrogen) atoms. The SMILES string of the molecule is Cc1cc(C(=O)OCC(=O)Nc2ccccc2I)c(C)n1C1CC1. The van der Waals surface area contributed by atoms with Gasteiger partial charge in [-0.1, -0.05) is 12.1 Å². The summed E-state index contributed by atoms with van der Waals surface area (Å²) in [4.78, 5) is 24.3. The molecule has 1 amide bonds. The number of esters is 1. The number of hydrogen-bond acceptors (Lipinski definition) is 3. The average molecular weight is 438 g/mol. The van der Waals surface area contributed by atoms with Crippen LogP contribution >= 0.6 is 22.6 Å². The molecule has 0 unspecified atom stereocenters. The molecule has 0 spiro atoms. The Balaban J connectivity index is 1.60. The lowest BCUT2D eigenvalue weighted by atomic mass is 10.2. The molecule has 1 fully saturated rings. The molecular weight excluding hydrogens is 419 g/mol. The van der Waals surface area contributed by atoms with Gasteiger partial charge in [0.05, 0.1) is 11.3 Å². The molecule has 0 atom stereocenters. The zero-order chi connectivity index (χ0) is 17.3. The van der Waals surface area contributed by atoms with Gasteiger partial charge in [0, 0.05) is 21.0 Å².